The highest BCUT2D eigenvalue weighted by Crippen LogP contribution is 2.31. The molecule has 25 heavy (non-hydrogen) atoms. The van der Waals surface area contributed by atoms with E-state index in [9.17, 15) is 9.90 Å². The van der Waals surface area contributed by atoms with Crippen molar-refractivity contribution in [1.82, 2.24) is 4.98 Å². The van der Waals surface area contributed by atoms with Gasteiger partial charge in [0.2, 0.25) is 0 Å². The third-order valence-corrected chi connectivity index (χ3v) is 4.39. The summed E-state index contributed by atoms with van der Waals surface area (Å²) in [7, 11) is 0. The van der Waals surface area contributed by atoms with Gasteiger partial charge in [-0.3, -0.25) is 14.8 Å². The van der Waals surface area contributed by atoms with Gasteiger partial charge in [0.15, 0.2) is 5.78 Å². The highest BCUT2D eigenvalue weighted by molar-refractivity contribution is 6.14. The van der Waals surface area contributed by atoms with Gasteiger partial charge in [0, 0.05) is 25.3 Å². The van der Waals surface area contributed by atoms with Gasteiger partial charge in [0.1, 0.15) is 5.76 Å². The van der Waals surface area contributed by atoms with Crippen LogP contribution in [0.2, 0.25) is 0 Å². The molecule has 0 fully saturated rings. The van der Waals surface area contributed by atoms with Gasteiger partial charge in [-0.1, -0.05) is 36.4 Å². The smallest absolute Gasteiger partial charge is 0.168 e. The van der Waals surface area contributed by atoms with Crippen molar-refractivity contribution in [1.29, 1.82) is 0 Å². The molecule has 1 N–H and O–H groups in total. The Morgan fingerprint density at radius 3 is 2.92 bits per heavy atom. The van der Waals surface area contributed by atoms with E-state index in [0.29, 0.717) is 25.0 Å². The van der Waals surface area contributed by atoms with Gasteiger partial charge < -0.3 is 5.11 Å². The number of allylic oxidation sites excluding steroid dienone is 8. The largest absolute Gasteiger partial charge is 0.511 e. The fourth-order valence-corrected chi connectivity index (χ4v) is 3.03. The topological polar surface area (TPSA) is 62.5 Å². The van der Waals surface area contributed by atoms with Crippen molar-refractivity contribution >= 4 is 12.0 Å². The van der Waals surface area contributed by atoms with Crippen LogP contribution in [0.3, 0.4) is 0 Å². The molecular weight excluding hydrogens is 312 g/mol. The molecule has 1 aromatic rings. The minimum atomic E-state index is -0.0566. The number of ketones is 1. The lowest BCUT2D eigenvalue weighted by Gasteiger charge is -2.23. The van der Waals surface area contributed by atoms with Gasteiger partial charge in [-0.25, -0.2) is 0 Å². The first kappa shape index (κ1) is 17.1. The van der Waals surface area contributed by atoms with Crippen LogP contribution in [0.15, 0.2) is 76.7 Å². The average molecular weight is 334 g/mol. The van der Waals surface area contributed by atoms with Crippen LogP contribution in [0.5, 0.6) is 0 Å². The summed E-state index contributed by atoms with van der Waals surface area (Å²) in [6.07, 6.45) is 16.5. The number of aromatic nitrogens is 1. The minimum absolute atomic E-state index is 0.0273. The molecule has 2 aliphatic rings. The quantitative estimate of drug-likeness (QED) is 0.836. The van der Waals surface area contributed by atoms with Gasteiger partial charge in [0.25, 0.3) is 0 Å². The maximum atomic E-state index is 12.5. The molecular formula is C21H22N2O2. The summed E-state index contributed by atoms with van der Waals surface area (Å²) >= 11 is 0. The lowest BCUT2D eigenvalue weighted by atomic mass is 9.82. The van der Waals surface area contributed by atoms with E-state index in [1.165, 1.54) is 6.21 Å². The van der Waals surface area contributed by atoms with Crippen molar-refractivity contribution in [3.63, 3.8) is 0 Å². The molecule has 4 nitrogen and oxygen atoms in total. The molecule has 2 aliphatic carbocycles. The second kappa shape index (κ2) is 8.38. The van der Waals surface area contributed by atoms with Gasteiger partial charge in [-0.2, -0.15) is 0 Å². The standard InChI is InChI=1S/C21H22N2O2/c24-20-12-17(16-8-4-2-1-3-5-9-16)13-21(25)19(20)15-22-14-18-10-6-7-11-23-18/h2,4-11,15,17,24H,1,3,12-14H2/b4-2-,9-5?,16-8?,22-15?. The Kier molecular flexibility index (Phi) is 5.73. The first-order chi connectivity index (χ1) is 12.2. The molecule has 0 aliphatic heterocycles. The molecule has 0 bridgehead atoms. The summed E-state index contributed by atoms with van der Waals surface area (Å²) in [5, 5.41) is 10.3. The predicted molar refractivity (Wildman–Crippen MR) is 99.4 cm³/mol. The molecule has 0 radical (unpaired) electrons. The molecule has 0 amide bonds. The summed E-state index contributed by atoms with van der Waals surface area (Å²) in [5.74, 6) is 0.102. The van der Waals surface area contributed by atoms with Crippen molar-refractivity contribution in [2.45, 2.75) is 32.2 Å². The van der Waals surface area contributed by atoms with Gasteiger partial charge in [0.05, 0.1) is 17.8 Å². The number of carbonyl (C=O) groups is 1. The first-order valence-electron chi connectivity index (χ1n) is 8.62. The van der Waals surface area contributed by atoms with Crippen LogP contribution >= 0.6 is 0 Å². The fourth-order valence-electron chi connectivity index (χ4n) is 3.03. The van der Waals surface area contributed by atoms with E-state index in [2.05, 4.69) is 28.2 Å². The molecule has 1 heterocycles. The molecule has 1 aromatic heterocycles. The summed E-state index contributed by atoms with van der Waals surface area (Å²) in [5.41, 5.74) is 2.26. The molecule has 3 rings (SSSR count). The Hall–Kier alpha value is -2.75. The number of aliphatic imine (C=N–C) groups is 1. The summed E-state index contributed by atoms with van der Waals surface area (Å²) < 4.78 is 0. The molecule has 0 aromatic carbocycles. The lowest BCUT2D eigenvalue weighted by molar-refractivity contribution is -0.116. The summed E-state index contributed by atoms with van der Waals surface area (Å²) in [4.78, 5) is 20.9. The Morgan fingerprint density at radius 2 is 2.12 bits per heavy atom. The van der Waals surface area contributed by atoms with E-state index in [0.717, 1.165) is 24.1 Å². The molecule has 1 unspecified atom stereocenters. The Labute approximate surface area is 148 Å². The van der Waals surface area contributed by atoms with Gasteiger partial charge in [-0.15, -0.1) is 0 Å². The van der Waals surface area contributed by atoms with E-state index in [1.54, 1.807) is 6.20 Å². The van der Waals surface area contributed by atoms with E-state index in [-0.39, 0.29) is 17.5 Å². The number of hydrogen-bond acceptors (Lipinski definition) is 4. The molecule has 128 valence electrons. The van der Waals surface area contributed by atoms with E-state index in [1.807, 2.05) is 30.4 Å². The molecule has 0 saturated carbocycles. The van der Waals surface area contributed by atoms with Crippen LogP contribution in [0.25, 0.3) is 0 Å². The van der Waals surface area contributed by atoms with Gasteiger partial charge in [-0.05, 0) is 36.5 Å². The van der Waals surface area contributed by atoms with Crippen molar-refractivity contribution in [3.8, 4) is 0 Å². The number of nitrogens with zero attached hydrogens (tertiary/aromatic N) is 2. The van der Waals surface area contributed by atoms with Crippen LogP contribution in [0.1, 0.15) is 31.4 Å². The zero-order valence-corrected chi connectivity index (χ0v) is 14.1. The number of aliphatic hydroxyl groups is 1. The summed E-state index contributed by atoms with van der Waals surface area (Å²) in [6, 6.07) is 5.63. The third kappa shape index (κ3) is 4.63. The predicted octanol–water partition coefficient (Wildman–Crippen LogP) is 4.28. The van der Waals surface area contributed by atoms with Crippen molar-refractivity contribution in [3.05, 3.63) is 77.4 Å². The Bertz CT molecular complexity index is 770. The van der Waals surface area contributed by atoms with Crippen LogP contribution in [0, 0.1) is 5.92 Å². The monoisotopic (exact) mass is 334 g/mol. The third-order valence-electron chi connectivity index (χ3n) is 4.39. The van der Waals surface area contributed by atoms with Crippen LogP contribution in [-0.4, -0.2) is 22.1 Å². The SMILES string of the molecule is O=C1CC(C2=C/C=C\CCC=C2)CC(O)=C1C=NCc1ccccn1. The highest BCUT2D eigenvalue weighted by Gasteiger charge is 2.28. The van der Waals surface area contributed by atoms with Crippen LogP contribution in [-0.2, 0) is 11.3 Å². The second-order valence-electron chi connectivity index (χ2n) is 6.25. The second-order valence-corrected chi connectivity index (χ2v) is 6.25. The fraction of sp³-hybridized carbons (Fsp3) is 0.286. The number of aliphatic hydroxyl groups excluding tert-OH is 1. The van der Waals surface area contributed by atoms with Crippen molar-refractivity contribution in [2.24, 2.45) is 10.9 Å². The Morgan fingerprint density at radius 1 is 1.24 bits per heavy atom. The first-order valence-corrected chi connectivity index (χ1v) is 8.62. The lowest BCUT2D eigenvalue weighted by Crippen LogP contribution is -2.21. The number of hydrogen-bond donors (Lipinski definition) is 1. The average Bonchev–Trinajstić information content (AvgIpc) is 2.58. The van der Waals surface area contributed by atoms with Crippen molar-refractivity contribution in [2.75, 3.05) is 0 Å². The molecule has 0 spiro atoms. The van der Waals surface area contributed by atoms with Crippen LogP contribution in [0.4, 0.5) is 0 Å². The maximum Gasteiger partial charge on any atom is 0.168 e. The molecule has 0 saturated heterocycles. The number of carbonyl (C=O) groups excluding carboxylic acids is 1. The zero-order chi connectivity index (χ0) is 17.5. The number of pyridine rings is 1. The molecule has 4 heteroatoms. The summed E-state index contributed by atoms with van der Waals surface area (Å²) in [6.45, 7) is 0.396. The highest BCUT2D eigenvalue weighted by atomic mass is 16.3. The number of Topliss-reactive ketones (excluding diaryl/α,β-unsaturated/α-hetero) is 1. The normalized spacial score (nSPS) is 22.6. The van der Waals surface area contributed by atoms with E-state index >= 15 is 0 Å². The molecule has 1 atom stereocenters. The van der Waals surface area contributed by atoms with Crippen molar-refractivity contribution < 1.29 is 9.90 Å². The van der Waals surface area contributed by atoms with E-state index in [4.69, 9.17) is 0 Å². The maximum absolute atomic E-state index is 12.5. The minimum Gasteiger partial charge on any atom is -0.511 e. The van der Waals surface area contributed by atoms with Crippen LogP contribution < -0.4 is 0 Å². The Balaban J connectivity index is 1.71. The van der Waals surface area contributed by atoms with Gasteiger partial charge >= 0.3 is 0 Å². The zero-order valence-electron chi connectivity index (χ0n) is 14.1. The van der Waals surface area contributed by atoms with E-state index < -0.39 is 0 Å². The number of rotatable bonds is 4.